The topological polar surface area (TPSA) is 44.2 Å². The Morgan fingerprint density at radius 3 is 1.71 bits per heavy atom. The van der Waals surface area contributed by atoms with E-state index in [-0.39, 0.29) is 0 Å². The van der Waals surface area contributed by atoms with Gasteiger partial charge in [0.15, 0.2) is 23.0 Å². The highest BCUT2D eigenvalue weighted by molar-refractivity contribution is 5.52. The molecule has 1 aliphatic heterocycles. The van der Waals surface area contributed by atoms with E-state index in [1.807, 2.05) is 24.3 Å². The molecule has 0 spiro atoms. The van der Waals surface area contributed by atoms with Crippen LogP contribution < -0.4 is 9.47 Å². The highest BCUT2D eigenvalue weighted by Gasteiger charge is 2.17. The Morgan fingerprint density at radius 1 is 0.714 bits per heavy atom. The number of hydrogen-bond donors (Lipinski definition) is 0. The van der Waals surface area contributed by atoms with Crippen LogP contribution in [0.2, 0.25) is 0 Å². The Hall–Kier alpha value is -2.10. The van der Waals surface area contributed by atoms with Crippen molar-refractivity contribution in [3.63, 3.8) is 0 Å². The van der Waals surface area contributed by atoms with Crippen molar-refractivity contribution in [2.75, 3.05) is 0 Å². The molecule has 68 valence electrons. The van der Waals surface area contributed by atoms with Gasteiger partial charge in [0.1, 0.15) is 0 Å². The normalized spacial score (nSPS) is 12.0. The summed E-state index contributed by atoms with van der Waals surface area (Å²) in [6.07, 6.45) is 3.07. The predicted molar refractivity (Wildman–Crippen MR) is 48.6 cm³/mol. The number of aromatic nitrogens is 2. The van der Waals surface area contributed by atoms with Crippen LogP contribution in [0.1, 0.15) is 0 Å². The van der Waals surface area contributed by atoms with E-state index in [1.165, 1.54) is 12.4 Å². The third kappa shape index (κ3) is 1.01. The highest BCUT2D eigenvalue weighted by Crippen LogP contribution is 2.43. The van der Waals surface area contributed by atoms with Gasteiger partial charge in [0.05, 0.1) is 12.4 Å². The van der Waals surface area contributed by atoms with E-state index in [0.717, 1.165) is 0 Å². The Labute approximate surface area is 80.1 Å². The van der Waals surface area contributed by atoms with Gasteiger partial charge >= 0.3 is 0 Å². The number of benzene rings is 1. The molecule has 1 aromatic carbocycles. The van der Waals surface area contributed by atoms with Crippen molar-refractivity contribution in [2.45, 2.75) is 0 Å². The van der Waals surface area contributed by atoms with Gasteiger partial charge in [-0.25, -0.2) is 0 Å². The Balaban J connectivity index is 2.12. The first kappa shape index (κ1) is 7.32. The number of para-hydroxylation sites is 2. The second-order valence-electron chi connectivity index (χ2n) is 2.87. The monoisotopic (exact) mass is 186 g/mol. The van der Waals surface area contributed by atoms with E-state index in [9.17, 15) is 0 Å². The lowest BCUT2D eigenvalue weighted by atomic mass is 10.3. The molecule has 14 heavy (non-hydrogen) atoms. The zero-order valence-corrected chi connectivity index (χ0v) is 7.18. The summed E-state index contributed by atoms with van der Waals surface area (Å²) in [7, 11) is 0. The molecule has 1 aromatic heterocycles. The van der Waals surface area contributed by atoms with Crippen molar-refractivity contribution < 1.29 is 9.47 Å². The van der Waals surface area contributed by atoms with E-state index in [2.05, 4.69) is 10.2 Å². The number of fused-ring (bicyclic) bond motifs is 2. The Morgan fingerprint density at radius 2 is 1.21 bits per heavy atom. The van der Waals surface area contributed by atoms with E-state index in [1.54, 1.807) is 0 Å². The summed E-state index contributed by atoms with van der Waals surface area (Å²) in [5, 5.41) is 7.43. The lowest BCUT2D eigenvalue weighted by molar-refractivity contribution is 0.355. The van der Waals surface area contributed by atoms with Gasteiger partial charge in [-0.05, 0) is 12.1 Å². The van der Waals surface area contributed by atoms with Crippen LogP contribution in [-0.4, -0.2) is 10.2 Å². The Bertz CT molecular complexity index is 398. The van der Waals surface area contributed by atoms with Crippen LogP contribution in [0.25, 0.3) is 0 Å². The molecule has 0 fully saturated rings. The number of hydrogen-bond acceptors (Lipinski definition) is 4. The van der Waals surface area contributed by atoms with Crippen LogP contribution in [0.4, 0.5) is 0 Å². The lowest BCUT2D eigenvalue weighted by Crippen LogP contribution is -1.99. The molecule has 0 N–H and O–H groups in total. The summed E-state index contributed by atoms with van der Waals surface area (Å²) in [4.78, 5) is 0. The molecule has 0 atom stereocenters. The average Bonchev–Trinajstić information content (AvgIpc) is 2.26. The van der Waals surface area contributed by atoms with Gasteiger partial charge in [-0.2, -0.15) is 10.2 Å². The first-order valence-electron chi connectivity index (χ1n) is 4.19. The molecule has 0 unspecified atom stereocenters. The summed E-state index contributed by atoms with van der Waals surface area (Å²) in [6.45, 7) is 0. The largest absolute Gasteiger partial charge is 0.448 e. The van der Waals surface area contributed by atoms with E-state index in [4.69, 9.17) is 9.47 Å². The molecule has 1 aliphatic rings. The average molecular weight is 186 g/mol. The van der Waals surface area contributed by atoms with Gasteiger partial charge in [-0.3, -0.25) is 0 Å². The quantitative estimate of drug-likeness (QED) is 0.540. The van der Waals surface area contributed by atoms with Crippen LogP contribution in [-0.2, 0) is 0 Å². The molecule has 0 saturated heterocycles. The number of ether oxygens (including phenoxy) is 2. The van der Waals surface area contributed by atoms with Crippen molar-refractivity contribution in [1.82, 2.24) is 10.2 Å². The summed E-state index contributed by atoms with van der Waals surface area (Å²) >= 11 is 0. The minimum absolute atomic E-state index is 0.596. The van der Waals surface area contributed by atoms with Crippen LogP contribution >= 0.6 is 0 Å². The molecule has 0 radical (unpaired) electrons. The van der Waals surface area contributed by atoms with Gasteiger partial charge in [0.2, 0.25) is 0 Å². The molecule has 0 saturated carbocycles. The van der Waals surface area contributed by atoms with Gasteiger partial charge in [0.25, 0.3) is 0 Å². The summed E-state index contributed by atoms with van der Waals surface area (Å²) in [5.74, 6) is 2.60. The van der Waals surface area contributed by atoms with Crippen molar-refractivity contribution >= 4 is 0 Å². The van der Waals surface area contributed by atoms with Crippen LogP contribution in [0.15, 0.2) is 36.7 Å². The van der Waals surface area contributed by atoms with E-state index >= 15 is 0 Å². The fraction of sp³-hybridized carbons (Fsp3) is 0. The van der Waals surface area contributed by atoms with Gasteiger partial charge in [-0.15, -0.1) is 0 Å². The number of nitrogens with zero attached hydrogens (tertiary/aromatic N) is 2. The molecule has 0 amide bonds. The maximum absolute atomic E-state index is 5.55. The van der Waals surface area contributed by atoms with Gasteiger partial charge in [0, 0.05) is 0 Å². The molecule has 4 nitrogen and oxygen atoms in total. The summed E-state index contributed by atoms with van der Waals surface area (Å²) in [6, 6.07) is 7.47. The second kappa shape index (κ2) is 2.70. The van der Waals surface area contributed by atoms with Crippen molar-refractivity contribution in [3.05, 3.63) is 36.7 Å². The lowest BCUT2D eigenvalue weighted by Gasteiger charge is -2.18. The third-order valence-electron chi connectivity index (χ3n) is 1.95. The predicted octanol–water partition coefficient (Wildman–Crippen LogP) is 2.37. The highest BCUT2D eigenvalue weighted by atomic mass is 16.6. The van der Waals surface area contributed by atoms with Gasteiger partial charge < -0.3 is 9.47 Å². The van der Waals surface area contributed by atoms with E-state index < -0.39 is 0 Å². The molecule has 0 bridgehead atoms. The fourth-order valence-electron chi connectivity index (χ4n) is 1.31. The molecular formula is C10H6N2O2. The zero-order chi connectivity index (χ0) is 9.38. The first-order chi connectivity index (χ1) is 6.93. The Kier molecular flexibility index (Phi) is 1.41. The van der Waals surface area contributed by atoms with Crippen molar-refractivity contribution in [3.8, 4) is 23.0 Å². The van der Waals surface area contributed by atoms with Crippen LogP contribution in [0.5, 0.6) is 23.0 Å². The SMILES string of the molecule is c1ccc2c(c1)Oc1cnncc1O2. The fourth-order valence-corrected chi connectivity index (χ4v) is 1.31. The smallest absolute Gasteiger partial charge is 0.191 e. The van der Waals surface area contributed by atoms with E-state index in [0.29, 0.717) is 23.0 Å². The van der Waals surface area contributed by atoms with Crippen LogP contribution in [0.3, 0.4) is 0 Å². The van der Waals surface area contributed by atoms with Crippen molar-refractivity contribution in [2.24, 2.45) is 0 Å². The minimum Gasteiger partial charge on any atom is -0.448 e. The molecule has 0 aliphatic carbocycles. The summed E-state index contributed by atoms with van der Waals surface area (Å²) in [5.41, 5.74) is 0. The first-order valence-corrected chi connectivity index (χ1v) is 4.19. The minimum atomic E-state index is 0.596. The maximum atomic E-state index is 5.55. The molecular weight excluding hydrogens is 180 g/mol. The molecule has 3 rings (SSSR count). The zero-order valence-electron chi connectivity index (χ0n) is 7.18. The standard InChI is InChI=1S/C10H6N2O2/c1-2-4-8-7(3-1)13-9-5-11-12-6-10(9)14-8/h1-6H. The third-order valence-corrected chi connectivity index (χ3v) is 1.95. The van der Waals surface area contributed by atoms with Crippen molar-refractivity contribution in [1.29, 1.82) is 0 Å². The molecule has 2 aromatic rings. The van der Waals surface area contributed by atoms with Gasteiger partial charge in [-0.1, -0.05) is 12.1 Å². The molecule has 4 heteroatoms. The molecule has 2 heterocycles. The maximum Gasteiger partial charge on any atom is 0.191 e. The number of rotatable bonds is 0. The second-order valence-corrected chi connectivity index (χ2v) is 2.87. The summed E-state index contributed by atoms with van der Waals surface area (Å²) < 4.78 is 11.1. The van der Waals surface area contributed by atoms with Crippen LogP contribution in [0, 0.1) is 0 Å².